The summed E-state index contributed by atoms with van der Waals surface area (Å²) in [6, 6.07) is 0. The zero-order valence-electron chi connectivity index (χ0n) is 15.7. The molecule has 0 amide bonds. The molecule has 0 rings (SSSR count). The fourth-order valence-electron chi connectivity index (χ4n) is 2.26. The van der Waals surface area contributed by atoms with E-state index in [-0.39, 0.29) is 38.0 Å². The van der Waals surface area contributed by atoms with Gasteiger partial charge in [-0.15, -0.1) is 0 Å². The van der Waals surface area contributed by atoms with Crippen molar-refractivity contribution in [1.82, 2.24) is 0 Å². The molecule has 144 valence electrons. The molecule has 0 aliphatic rings. The Morgan fingerprint density at radius 1 is 0.680 bits per heavy atom. The smallest absolute Gasteiger partial charge is 0.316 e. The summed E-state index contributed by atoms with van der Waals surface area (Å²) < 4.78 is 15.2. The van der Waals surface area contributed by atoms with Crippen LogP contribution in [0, 0.1) is 11.8 Å². The van der Waals surface area contributed by atoms with E-state index in [4.69, 9.17) is 14.2 Å². The van der Waals surface area contributed by atoms with Gasteiger partial charge in [-0.1, -0.05) is 26.7 Å². The van der Waals surface area contributed by atoms with Crippen LogP contribution in [0.15, 0.2) is 0 Å². The number of carbonyl (C=O) groups excluding carboxylic acids is 4. The fourth-order valence-corrected chi connectivity index (χ4v) is 2.26. The maximum Gasteiger partial charge on any atom is 0.316 e. The largest absolute Gasteiger partial charge is 0.463 e. The number of rotatable bonds is 14. The van der Waals surface area contributed by atoms with Gasteiger partial charge in [0.2, 0.25) is 0 Å². The summed E-state index contributed by atoms with van der Waals surface area (Å²) in [5.41, 5.74) is 0. The van der Waals surface area contributed by atoms with Gasteiger partial charge in [0.05, 0.1) is 13.2 Å². The van der Waals surface area contributed by atoms with Gasteiger partial charge in [-0.05, 0) is 26.7 Å². The quantitative estimate of drug-likeness (QED) is 0.266. The van der Waals surface area contributed by atoms with E-state index in [1.165, 1.54) is 13.8 Å². The zero-order valence-corrected chi connectivity index (χ0v) is 15.7. The minimum absolute atomic E-state index is 0.0339. The van der Waals surface area contributed by atoms with Crippen molar-refractivity contribution in [3.63, 3.8) is 0 Å². The van der Waals surface area contributed by atoms with E-state index in [2.05, 4.69) is 0 Å². The molecule has 0 bridgehead atoms. The van der Waals surface area contributed by atoms with Crippen molar-refractivity contribution in [1.29, 1.82) is 0 Å². The highest BCUT2D eigenvalue weighted by atomic mass is 16.6. The molecule has 0 aromatic rings. The molecule has 7 nitrogen and oxygen atoms in total. The Balaban J connectivity index is 3.89. The average Bonchev–Trinajstić information content (AvgIpc) is 2.55. The molecule has 0 aromatic carbocycles. The highest BCUT2D eigenvalue weighted by Crippen LogP contribution is 2.11. The van der Waals surface area contributed by atoms with Gasteiger partial charge in [0.15, 0.2) is 0 Å². The Hall–Kier alpha value is -1.76. The molecule has 0 aliphatic carbocycles. The number of Topliss-reactive ketones (excluding diaryl/α,β-unsaturated/α-hetero) is 2. The molecule has 0 heterocycles. The number of hydrogen-bond acceptors (Lipinski definition) is 7. The van der Waals surface area contributed by atoms with Crippen molar-refractivity contribution in [3.8, 4) is 0 Å². The van der Waals surface area contributed by atoms with Gasteiger partial charge >= 0.3 is 11.9 Å². The van der Waals surface area contributed by atoms with Crippen LogP contribution in [0.4, 0.5) is 0 Å². The molecule has 0 N–H and O–H groups in total. The first-order chi connectivity index (χ1) is 11.8. The topological polar surface area (TPSA) is 96.0 Å². The van der Waals surface area contributed by atoms with Crippen LogP contribution in [0.5, 0.6) is 0 Å². The number of hydrogen-bond donors (Lipinski definition) is 0. The fraction of sp³-hybridized carbons (Fsp3) is 0.778. The molecule has 7 heteroatoms. The van der Waals surface area contributed by atoms with Gasteiger partial charge in [-0.25, -0.2) is 0 Å². The van der Waals surface area contributed by atoms with E-state index >= 15 is 0 Å². The summed E-state index contributed by atoms with van der Waals surface area (Å²) in [6.45, 7) is 6.89. The summed E-state index contributed by atoms with van der Waals surface area (Å²) >= 11 is 0. The van der Waals surface area contributed by atoms with Crippen molar-refractivity contribution in [2.24, 2.45) is 11.8 Å². The van der Waals surface area contributed by atoms with Crippen molar-refractivity contribution < 1.29 is 33.4 Å². The highest BCUT2D eigenvalue weighted by Gasteiger charge is 2.24. The van der Waals surface area contributed by atoms with Crippen LogP contribution in [0.2, 0.25) is 0 Å². The first-order valence-electron chi connectivity index (χ1n) is 8.76. The summed E-state index contributed by atoms with van der Waals surface area (Å²) in [7, 11) is 0. The van der Waals surface area contributed by atoms with Gasteiger partial charge < -0.3 is 14.2 Å². The Kier molecular flexibility index (Phi) is 12.6. The van der Waals surface area contributed by atoms with E-state index < -0.39 is 23.8 Å². The van der Waals surface area contributed by atoms with Crippen LogP contribution in [0.3, 0.4) is 0 Å². The van der Waals surface area contributed by atoms with Crippen LogP contribution in [0.1, 0.15) is 53.4 Å². The van der Waals surface area contributed by atoms with Crippen LogP contribution in [-0.4, -0.2) is 49.9 Å². The lowest BCUT2D eigenvalue weighted by Crippen LogP contribution is -2.26. The minimum Gasteiger partial charge on any atom is -0.463 e. The van der Waals surface area contributed by atoms with Gasteiger partial charge in [0.1, 0.15) is 36.6 Å². The Morgan fingerprint density at radius 2 is 1.04 bits per heavy atom. The molecular formula is C18H30O7. The van der Waals surface area contributed by atoms with Gasteiger partial charge in [-0.2, -0.15) is 0 Å². The normalized spacial score (nSPS) is 13.0. The number of ketones is 2. The molecular weight excluding hydrogens is 328 g/mol. The van der Waals surface area contributed by atoms with E-state index in [9.17, 15) is 19.2 Å². The molecule has 0 spiro atoms. The van der Waals surface area contributed by atoms with Crippen molar-refractivity contribution in [3.05, 3.63) is 0 Å². The molecule has 2 atom stereocenters. The average molecular weight is 358 g/mol. The third-order valence-electron chi connectivity index (χ3n) is 3.65. The zero-order chi connectivity index (χ0) is 19.2. The first kappa shape index (κ1) is 23.2. The maximum atomic E-state index is 11.8. The minimum atomic E-state index is -0.715. The molecule has 0 fully saturated rings. The van der Waals surface area contributed by atoms with Gasteiger partial charge in [-0.3, -0.25) is 19.2 Å². The lowest BCUT2D eigenvalue weighted by Gasteiger charge is -2.13. The van der Waals surface area contributed by atoms with Crippen molar-refractivity contribution in [2.75, 3.05) is 26.4 Å². The molecule has 25 heavy (non-hydrogen) atoms. The van der Waals surface area contributed by atoms with Crippen LogP contribution in [0.25, 0.3) is 0 Å². The number of ether oxygens (including phenoxy) is 3. The lowest BCUT2D eigenvalue weighted by molar-refractivity contribution is -0.153. The third-order valence-corrected chi connectivity index (χ3v) is 3.65. The predicted octanol–water partition coefficient (Wildman–Crippen LogP) is 2.10. The first-order valence-corrected chi connectivity index (χ1v) is 8.76. The molecule has 0 saturated heterocycles. The molecule has 0 radical (unpaired) electrons. The van der Waals surface area contributed by atoms with E-state index in [1.54, 1.807) is 0 Å². The van der Waals surface area contributed by atoms with Crippen molar-refractivity contribution in [2.45, 2.75) is 53.4 Å². The molecule has 0 aromatic heterocycles. The van der Waals surface area contributed by atoms with Crippen molar-refractivity contribution >= 4 is 23.5 Å². The standard InChI is InChI=1S/C18H30O7/c1-5-7-15(13(3)19)17(21)24-11-9-23-10-12-25-18(22)16(8-6-2)14(4)20/h15-16H,5-12H2,1-4H3. The molecule has 0 aliphatic heterocycles. The van der Waals surface area contributed by atoms with E-state index in [1.807, 2.05) is 13.8 Å². The Labute approximate surface area is 149 Å². The Bertz CT molecular complexity index is 405. The second-order valence-electron chi connectivity index (χ2n) is 5.85. The van der Waals surface area contributed by atoms with E-state index in [0.717, 1.165) is 12.8 Å². The predicted molar refractivity (Wildman–Crippen MR) is 90.9 cm³/mol. The number of carbonyl (C=O) groups is 4. The monoisotopic (exact) mass is 358 g/mol. The van der Waals surface area contributed by atoms with Crippen LogP contribution in [-0.2, 0) is 33.4 Å². The second-order valence-corrected chi connectivity index (χ2v) is 5.85. The summed E-state index contributed by atoms with van der Waals surface area (Å²) in [4.78, 5) is 46.2. The van der Waals surface area contributed by atoms with E-state index in [0.29, 0.717) is 12.8 Å². The van der Waals surface area contributed by atoms with Gasteiger partial charge in [0, 0.05) is 0 Å². The summed E-state index contributed by atoms with van der Waals surface area (Å²) in [5.74, 6) is -2.90. The number of esters is 2. The second kappa shape index (κ2) is 13.5. The summed E-state index contributed by atoms with van der Waals surface area (Å²) in [5, 5.41) is 0. The SMILES string of the molecule is CCCC(C(C)=O)C(=O)OCCOCCOC(=O)C(CCC)C(C)=O. The van der Waals surface area contributed by atoms with Gasteiger partial charge in [0.25, 0.3) is 0 Å². The maximum absolute atomic E-state index is 11.8. The Morgan fingerprint density at radius 3 is 1.32 bits per heavy atom. The molecule has 0 saturated carbocycles. The summed E-state index contributed by atoms with van der Waals surface area (Å²) in [6.07, 6.45) is 2.39. The van der Waals surface area contributed by atoms with Crippen LogP contribution >= 0.6 is 0 Å². The lowest BCUT2D eigenvalue weighted by atomic mass is 10.00. The highest BCUT2D eigenvalue weighted by molar-refractivity contribution is 5.98. The molecule has 2 unspecified atom stereocenters. The van der Waals surface area contributed by atoms with Crippen LogP contribution < -0.4 is 0 Å². The third kappa shape index (κ3) is 9.96.